The number of hydrogen-bond acceptors (Lipinski definition) is 4. The van der Waals surface area contributed by atoms with Crippen LogP contribution in [0.1, 0.15) is 23.5 Å². The normalized spacial score (nSPS) is 18.4. The number of hydrogen-bond donors (Lipinski definition) is 1. The summed E-state index contributed by atoms with van der Waals surface area (Å²) in [5, 5.41) is 5.85. The molecule has 4 nitrogen and oxygen atoms in total. The Morgan fingerprint density at radius 3 is 2.53 bits per heavy atom. The zero-order valence-electron chi connectivity index (χ0n) is 18.9. The first kappa shape index (κ1) is 21.0. The van der Waals surface area contributed by atoms with Gasteiger partial charge in [0, 0.05) is 28.8 Å². The van der Waals surface area contributed by atoms with E-state index in [-0.39, 0.29) is 12.0 Å². The van der Waals surface area contributed by atoms with Gasteiger partial charge in [-0.2, -0.15) is 0 Å². The molecule has 1 aliphatic rings. The number of para-hydroxylation sites is 3. The zero-order valence-corrected chi connectivity index (χ0v) is 18.9. The highest BCUT2D eigenvalue weighted by atomic mass is 16.5. The Hall–Kier alpha value is -3.60. The van der Waals surface area contributed by atoms with Crippen molar-refractivity contribution in [2.24, 2.45) is 0 Å². The van der Waals surface area contributed by atoms with Gasteiger partial charge in [0.05, 0.1) is 12.7 Å². The molecule has 0 amide bonds. The number of benzene rings is 4. The van der Waals surface area contributed by atoms with Crippen molar-refractivity contribution in [2.45, 2.75) is 25.0 Å². The van der Waals surface area contributed by atoms with E-state index in [2.05, 4.69) is 47.8 Å². The molecular formula is C30H27NO3. The number of rotatable bonds is 6. The summed E-state index contributed by atoms with van der Waals surface area (Å²) < 4.78 is 18.8. The van der Waals surface area contributed by atoms with Gasteiger partial charge in [0.15, 0.2) is 0 Å². The monoisotopic (exact) mass is 449 g/mol. The maximum absolute atomic E-state index is 6.50. The molecule has 6 rings (SSSR count). The molecule has 2 heterocycles. The summed E-state index contributed by atoms with van der Waals surface area (Å²) in [4.78, 5) is 0. The Labute approximate surface area is 199 Å². The molecule has 4 aromatic carbocycles. The molecule has 2 unspecified atom stereocenters. The van der Waals surface area contributed by atoms with Gasteiger partial charge in [0.2, 0.25) is 0 Å². The van der Waals surface area contributed by atoms with Crippen LogP contribution in [0.5, 0.6) is 11.5 Å². The van der Waals surface area contributed by atoms with Crippen LogP contribution in [0.25, 0.3) is 21.9 Å². The summed E-state index contributed by atoms with van der Waals surface area (Å²) in [5.41, 5.74) is 4.26. The largest absolute Gasteiger partial charge is 0.457 e. The van der Waals surface area contributed by atoms with Gasteiger partial charge in [-0.1, -0.05) is 66.7 Å². The molecule has 34 heavy (non-hydrogen) atoms. The maximum Gasteiger partial charge on any atom is 0.138 e. The second-order valence-electron chi connectivity index (χ2n) is 8.83. The van der Waals surface area contributed by atoms with Crippen LogP contribution in [-0.2, 0) is 11.3 Å². The number of piperidine rings is 1. The molecule has 0 saturated carbocycles. The molecule has 1 aromatic heterocycles. The summed E-state index contributed by atoms with van der Waals surface area (Å²) in [6, 6.07) is 32.7. The zero-order chi connectivity index (χ0) is 22.7. The summed E-state index contributed by atoms with van der Waals surface area (Å²) in [6.07, 6.45) is 1.07. The predicted octanol–water partition coefficient (Wildman–Crippen LogP) is 7.04. The Kier molecular flexibility index (Phi) is 5.76. The van der Waals surface area contributed by atoms with E-state index < -0.39 is 0 Å². The molecule has 1 aliphatic heterocycles. The van der Waals surface area contributed by atoms with Crippen LogP contribution in [0.2, 0.25) is 0 Å². The Morgan fingerprint density at radius 2 is 1.59 bits per heavy atom. The van der Waals surface area contributed by atoms with Crippen LogP contribution >= 0.6 is 0 Å². The smallest absolute Gasteiger partial charge is 0.138 e. The van der Waals surface area contributed by atoms with Crippen molar-refractivity contribution >= 4 is 21.9 Å². The first-order chi connectivity index (χ1) is 16.8. The van der Waals surface area contributed by atoms with Crippen molar-refractivity contribution in [3.05, 3.63) is 108 Å². The van der Waals surface area contributed by atoms with Crippen LogP contribution in [0.4, 0.5) is 0 Å². The third-order valence-corrected chi connectivity index (χ3v) is 6.60. The minimum absolute atomic E-state index is 0.0614. The number of fused-ring (bicyclic) bond motifs is 3. The second kappa shape index (κ2) is 9.34. The fraction of sp³-hybridized carbons (Fsp3) is 0.200. The molecule has 0 radical (unpaired) electrons. The molecule has 1 N–H and O–H groups in total. The molecule has 0 aliphatic carbocycles. The lowest BCUT2D eigenvalue weighted by Crippen LogP contribution is -2.41. The number of nitrogens with one attached hydrogen (secondary N) is 1. The van der Waals surface area contributed by atoms with Crippen LogP contribution in [-0.4, -0.2) is 19.2 Å². The maximum atomic E-state index is 6.50. The summed E-state index contributed by atoms with van der Waals surface area (Å²) >= 11 is 0. The Balaban J connectivity index is 1.23. The molecular weight excluding hydrogens is 422 g/mol. The van der Waals surface area contributed by atoms with E-state index in [0.29, 0.717) is 6.61 Å². The van der Waals surface area contributed by atoms with Gasteiger partial charge >= 0.3 is 0 Å². The minimum atomic E-state index is 0.0614. The second-order valence-corrected chi connectivity index (χ2v) is 8.83. The summed E-state index contributed by atoms with van der Waals surface area (Å²) in [7, 11) is 0. The fourth-order valence-electron chi connectivity index (χ4n) is 4.95. The lowest BCUT2D eigenvalue weighted by Gasteiger charge is -2.32. The topological polar surface area (TPSA) is 43.6 Å². The Morgan fingerprint density at radius 1 is 0.794 bits per heavy atom. The molecule has 5 aromatic rings. The van der Waals surface area contributed by atoms with Gasteiger partial charge in [0.25, 0.3) is 0 Å². The van der Waals surface area contributed by atoms with E-state index in [0.717, 1.165) is 47.7 Å². The van der Waals surface area contributed by atoms with Crippen molar-refractivity contribution in [3.8, 4) is 11.5 Å². The first-order valence-electron chi connectivity index (χ1n) is 11.9. The molecule has 0 spiro atoms. The molecule has 1 fully saturated rings. The van der Waals surface area contributed by atoms with E-state index >= 15 is 0 Å². The molecule has 4 heteroatoms. The summed E-state index contributed by atoms with van der Waals surface area (Å²) in [6.45, 7) is 2.33. The van der Waals surface area contributed by atoms with Gasteiger partial charge in [-0.3, -0.25) is 0 Å². The predicted molar refractivity (Wildman–Crippen MR) is 135 cm³/mol. The van der Waals surface area contributed by atoms with Gasteiger partial charge in [0.1, 0.15) is 22.7 Å². The third kappa shape index (κ3) is 4.18. The van der Waals surface area contributed by atoms with Crippen molar-refractivity contribution in [3.63, 3.8) is 0 Å². The molecule has 170 valence electrons. The van der Waals surface area contributed by atoms with Crippen LogP contribution in [0.15, 0.2) is 101 Å². The van der Waals surface area contributed by atoms with Crippen LogP contribution < -0.4 is 10.1 Å². The van der Waals surface area contributed by atoms with E-state index in [1.165, 1.54) is 16.3 Å². The van der Waals surface area contributed by atoms with E-state index in [1.54, 1.807) is 0 Å². The average molecular weight is 450 g/mol. The highest BCUT2D eigenvalue weighted by Crippen LogP contribution is 2.37. The highest BCUT2D eigenvalue weighted by Gasteiger charge is 2.30. The van der Waals surface area contributed by atoms with Gasteiger partial charge < -0.3 is 19.2 Å². The van der Waals surface area contributed by atoms with Gasteiger partial charge in [-0.25, -0.2) is 0 Å². The van der Waals surface area contributed by atoms with Crippen molar-refractivity contribution < 1.29 is 13.9 Å². The lowest BCUT2D eigenvalue weighted by molar-refractivity contribution is 0.0107. The number of ether oxygens (including phenoxy) is 2. The van der Waals surface area contributed by atoms with E-state index in [4.69, 9.17) is 13.9 Å². The standard InChI is InChI=1S/C30H27NO3/c1-2-9-22(10-3-1)33-23-11-6-8-21(18-23)20-32-29-19-31-17-16-25(29)27-14-7-13-26-24-12-4-5-15-28(24)34-30(26)27/h1-15,18,25,29,31H,16-17,19-20H2. The van der Waals surface area contributed by atoms with Crippen LogP contribution in [0.3, 0.4) is 0 Å². The third-order valence-electron chi connectivity index (χ3n) is 6.60. The Bertz CT molecular complexity index is 1410. The minimum Gasteiger partial charge on any atom is -0.457 e. The van der Waals surface area contributed by atoms with Gasteiger partial charge in [-0.15, -0.1) is 0 Å². The highest BCUT2D eigenvalue weighted by molar-refractivity contribution is 6.05. The average Bonchev–Trinajstić information content (AvgIpc) is 3.28. The van der Waals surface area contributed by atoms with Crippen molar-refractivity contribution in [1.29, 1.82) is 0 Å². The fourth-order valence-corrected chi connectivity index (χ4v) is 4.95. The summed E-state index contributed by atoms with van der Waals surface area (Å²) in [5.74, 6) is 1.92. The molecule has 0 bridgehead atoms. The lowest BCUT2D eigenvalue weighted by atomic mass is 9.86. The SMILES string of the molecule is c1ccc(Oc2cccc(COC3CNCCC3c3cccc4c3oc3ccccc34)c2)cc1. The van der Waals surface area contributed by atoms with E-state index in [1.807, 2.05) is 54.6 Å². The first-order valence-corrected chi connectivity index (χ1v) is 11.9. The van der Waals surface area contributed by atoms with Gasteiger partial charge in [-0.05, 0) is 48.9 Å². The van der Waals surface area contributed by atoms with E-state index in [9.17, 15) is 0 Å². The van der Waals surface area contributed by atoms with Crippen molar-refractivity contribution in [1.82, 2.24) is 5.32 Å². The molecule has 1 saturated heterocycles. The van der Waals surface area contributed by atoms with Crippen molar-refractivity contribution in [2.75, 3.05) is 13.1 Å². The molecule has 2 atom stereocenters. The van der Waals surface area contributed by atoms with Crippen LogP contribution in [0, 0.1) is 0 Å². The quantitative estimate of drug-likeness (QED) is 0.302. The number of furan rings is 1.